The Balaban J connectivity index is 1.04. The van der Waals surface area contributed by atoms with E-state index in [1.165, 1.54) is 31.3 Å². The van der Waals surface area contributed by atoms with Gasteiger partial charge in [-0.2, -0.15) is 0 Å². The molecule has 8 aromatic carbocycles. The Labute approximate surface area is 327 Å². The Morgan fingerprint density at radius 3 is 1.64 bits per heavy atom. The molecule has 11 rings (SSSR count). The second-order valence-electron chi connectivity index (χ2n) is 14.0. The van der Waals surface area contributed by atoms with Gasteiger partial charge in [0.2, 0.25) is 0 Å². The molecule has 0 fully saturated rings. The topological polar surface area (TPSA) is 51.8 Å². The first kappa shape index (κ1) is 32.2. The van der Waals surface area contributed by atoms with Crippen LogP contribution in [0.4, 0.5) is 0 Å². The van der Waals surface area contributed by atoms with Gasteiger partial charge in [-0.3, -0.25) is 0 Å². The van der Waals surface area contributed by atoms with Crippen LogP contribution in [-0.2, 0) is 0 Å². The van der Waals surface area contributed by atoms with Crippen LogP contribution in [0.3, 0.4) is 0 Å². The van der Waals surface area contributed by atoms with Crippen molar-refractivity contribution in [1.29, 1.82) is 0 Å². The molecule has 0 atom stereocenters. The molecule has 0 bridgehead atoms. The third-order valence-corrected chi connectivity index (χ3v) is 11.7. The fourth-order valence-electron chi connectivity index (χ4n) is 7.73. The molecule has 0 saturated carbocycles. The Morgan fingerprint density at radius 2 is 0.857 bits per heavy atom. The molecule has 0 N–H and O–H groups in total. The molecular weight excluding hydrogens is 703 g/mol. The van der Waals surface area contributed by atoms with E-state index in [2.05, 4.69) is 176 Å². The van der Waals surface area contributed by atoms with E-state index in [-0.39, 0.29) is 0 Å². The number of benzene rings is 8. The van der Waals surface area contributed by atoms with Crippen LogP contribution in [0.5, 0.6) is 0 Å². The fraction of sp³-hybridized carbons (Fsp3) is 0. The van der Waals surface area contributed by atoms with Gasteiger partial charge in [-0.05, 0) is 58.1 Å². The van der Waals surface area contributed by atoms with Gasteiger partial charge in [0.15, 0.2) is 17.5 Å². The lowest BCUT2D eigenvalue weighted by Gasteiger charge is -2.10. The minimum absolute atomic E-state index is 0.611. The highest BCUT2D eigenvalue weighted by atomic mass is 32.1. The summed E-state index contributed by atoms with van der Waals surface area (Å²) in [5.74, 6) is 1.87. The quantitative estimate of drug-likeness (QED) is 0.171. The molecule has 5 heteroatoms. The highest BCUT2D eigenvalue weighted by molar-refractivity contribution is 7.25. The van der Waals surface area contributed by atoms with Gasteiger partial charge < -0.3 is 4.42 Å². The summed E-state index contributed by atoms with van der Waals surface area (Å²) in [7, 11) is 0. The van der Waals surface area contributed by atoms with E-state index in [0.717, 1.165) is 60.9 Å². The molecule has 0 aliphatic carbocycles. The standard InChI is InChI=1S/C51H31N3OS/c1-3-11-32(12-4-1)34-21-23-35(24-22-34)49-52-50(54-51(53-49)39-25-27-42-41-17-7-8-20-46(41)56-47(42)31-39)38-16-9-15-37(29-38)40-18-10-19-43-44-30-36(33-13-5-2-6-14-33)26-28-45(44)55-48(40)43/h1-31H. The number of rotatable bonds is 6. The first-order valence-electron chi connectivity index (χ1n) is 18.7. The van der Waals surface area contributed by atoms with Gasteiger partial charge in [-0.1, -0.05) is 158 Å². The summed E-state index contributed by atoms with van der Waals surface area (Å²) >= 11 is 1.79. The van der Waals surface area contributed by atoms with Crippen molar-refractivity contribution >= 4 is 53.4 Å². The Bertz CT molecular complexity index is 3240. The van der Waals surface area contributed by atoms with E-state index in [1.54, 1.807) is 11.3 Å². The Hall–Kier alpha value is -7.21. The van der Waals surface area contributed by atoms with Crippen molar-refractivity contribution in [3.63, 3.8) is 0 Å². The average Bonchev–Trinajstić information content (AvgIpc) is 3.85. The predicted molar refractivity (Wildman–Crippen MR) is 233 cm³/mol. The molecule has 4 nitrogen and oxygen atoms in total. The smallest absolute Gasteiger partial charge is 0.164 e. The molecule has 0 unspecified atom stereocenters. The minimum atomic E-state index is 0.611. The summed E-state index contributed by atoms with van der Waals surface area (Å²) in [6.07, 6.45) is 0. The fourth-order valence-corrected chi connectivity index (χ4v) is 8.88. The monoisotopic (exact) mass is 733 g/mol. The second kappa shape index (κ2) is 13.3. The SMILES string of the molecule is c1ccc(-c2ccc(-c3nc(-c4cccc(-c5cccc6c5oc5ccc(-c7ccccc7)cc56)c4)nc(-c4ccc5c(c4)sc4ccccc45)n3)cc2)cc1. The number of para-hydroxylation sites is 1. The number of nitrogens with zero attached hydrogens (tertiary/aromatic N) is 3. The van der Waals surface area contributed by atoms with Gasteiger partial charge in [-0.15, -0.1) is 11.3 Å². The largest absolute Gasteiger partial charge is 0.455 e. The predicted octanol–water partition coefficient (Wildman–Crippen LogP) is 14.1. The van der Waals surface area contributed by atoms with Gasteiger partial charge in [0.05, 0.1) is 0 Å². The maximum absolute atomic E-state index is 6.59. The number of aromatic nitrogens is 3. The number of hydrogen-bond donors (Lipinski definition) is 0. The van der Waals surface area contributed by atoms with Crippen LogP contribution in [0.25, 0.3) is 110 Å². The first-order valence-corrected chi connectivity index (χ1v) is 19.5. The lowest BCUT2D eigenvalue weighted by atomic mass is 9.99. The maximum Gasteiger partial charge on any atom is 0.164 e. The summed E-state index contributed by atoms with van der Waals surface area (Å²) in [5, 5.41) is 4.69. The molecule has 262 valence electrons. The van der Waals surface area contributed by atoms with E-state index in [0.29, 0.717) is 17.5 Å². The summed E-state index contributed by atoms with van der Waals surface area (Å²) in [6.45, 7) is 0. The molecule has 0 saturated heterocycles. The summed E-state index contributed by atoms with van der Waals surface area (Å²) < 4.78 is 9.06. The van der Waals surface area contributed by atoms with E-state index >= 15 is 0 Å². The van der Waals surface area contributed by atoms with Crippen LogP contribution in [0.15, 0.2) is 192 Å². The van der Waals surface area contributed by atoms with Gasteiger partial charge in [0.1, 0.15) is 11.2 Å². The highest BCUT2D eigenvalue weighted by Gasteiger charge is 2.17. The molecular formula is C51H31N3OS. The summed E-state index contributed by atoms with van der Waals surface area (Å²) in [4.78, 5) is 15.4. The Kier molecular flexibility index (Phi) is 7.64. The molecule has 3 heterocycles. The van der Waals surface area contributed by atoms with Gasteiger partial charge in [0, 0.05) is 53.2 Å². The van der Waals surface area contributed by atoms with E-state index < -0.39 is 0 Å². The number of fused-ring (bicyclic) bond motifs is 6. The van der Waals surface area contributed by atoms with Crippen molar-refractivity contribution in [3.05, 3.63) is 188 Å². The lowest BCUT2D eigenvalue weighted by molar-refractivity contribution is 0.670. The van der Waals surface area contributed by atoms with E-state index in [1.807, 2.05) is 12.1 Å². The summed E-state index contributed by atoms with van der Waals surface area (Å²) in [5.41, 5.74) is 11.2. The molecule has 0 amide bonds. The molecule has 0 aliphatic rings. The van der Waals surface area contributed by atoms with Crippen LogP contribution >= 0.6 is 11.3 Å². The zero-order valence-electron chi connectivity index (χ0n) is 30.1. The van der Waals surface area contributed by atoms with E-state index in [4.69, 9.17) is 19.4 Å². The highest BCUT2D eigenvalue weighted by Crippen LogP contribution is 2.40. The first-order chi connectivity index (χ1) is 27.7. The molecule has 0 aliphatic heterocycles. The van der Waals surface area contributed by atoms with Gasteiger partial charge >= 0.3 is 0 Å². The zero-order chi connectivity index (χ0) is 37.0. The lowest BCUT2D eigenvalue weighted by Crippen LogP contribution is -2.00. The minimum Gasteiger partial charge on any atom is -0.455 e. The number of furan rings is 1. The third-order valence-electron chi connectivity index (χ3n) is 10.6. The molecule has 56 heavy (non-hydrogen) atoms. The van der Waals surface area contributed by atoms with Crippen molar-refractivity contribution in [2.75, 3.05) is 0 Å². The molecule has 3 aromatic heterocycles. The maximum atomic E-state index is 6.59. The van der Waals surface area contributed by atoms with Crippen molar-refractivity contribution in [2.24, 2.45) is 0 Å². The molecule has 0 radical (unpaired) electrons. The van der Waals surface area contributed by atoms with Crippen molar-refractivity contribution in [2.45, 2.75) is 0 Å². The zero-order valence-corrected chi connectivity index (χ0v) is 30.9. The van der Waals surface area contributed by atoms with Gasteiger partial charge in [-0.25, -0.2) is 15.0 Å². The van der Waals surface area contributed by atoms with Crippen LogP contribution in [0.1, 0.15) is 0 Å². The number of thiophene rings is 1. The third kappa shape index (κ3) is 5.65. The van der Waals surface area contributed by atoms with Gasteiger partial charge in [0.25, 0.3) is 0 Å². The van der Waals surface area contributed by atoms with E-state index in [9.17, 15) is 0 Å². The molecule has 11 aromatic rings. The second-order valence-corrected chi connectivity index (χ2v) is 15.1. The molecule has 0 spiro atoms. The van der Waals surface area contributed by atoms with Crippen molar-refractivity contribution < 1.29 is 4.42 Å². The van der Waals surface area contributed by atoms with Crippen LogP contribution in [0.2, 0.25) is 0 Å². The summed E-state index contributed by atoms with van der Waals surface area (Å²) in [6, 6.07) is 65.7. The van der Waals surface area contributed by atoms with Crippen LogP contribution in [-0.4, -0.2) is 15.0 Å². The van der Waals surface area contributed by atoms with Crippen molar-refractivity contribution in [1.82, 2.24) is 15.0 Å². The normalized spacial score (nSPS) is 11.6. The average molecular weight is 734 g/mol. The van der Waals surface area contributed by atoms with Crippen LogP contribution < -0.4 is 0 Å². The van der Waals surface area contributed by atoms with Crippen molar-refractivity contribution in [3.8, 4) is 67.5 Å². The Morgan fingerprint density at radius 1 is 0.321 bits per heavy atom. The number of hydrogen-bond acceptors (Lipinski definition) is 5. The van der Waals surface area contributed by atoms with Crippen LogP contribution in [0, 0.1) is 0 Å².